The number of aryl methyl sites for hydroxylation is 1. The Morgan fingerprint density at radius 1 is 1.41 bits per heavy atom. The fourth-order valence-corrected chi connectivity index (χ4v) is 2.09. The molecule has 0 unspecified atom stereocenters. The zero-order valence-electron chi connectivity index (χ0n) is 9.31. The van der Waals surface area contributed by atoms with Gasteiger partial charge in [-0.05, 0) is 6.07 Å². The smallest absolute Gasteiger partial charge is 0.146 e. The number of nitrogen functional groups attached to an aromatic ring is 1. The van der Waals surface area contributed by atoms with Crippen molar-refractivity contribution in [2.75, 3.05) is 5.73 Å². The number of H-pyrrole nitrogens is 1. The summed E-state index contributed by atoms with van der Waals surface area (Å²) in [5.74, 6) is 0.723. The van der Waals surface area contributed by atoms with Crippen molar-refractivity contribution >= 4 is 16.7 Å². The van der Waals surface area contributed by atoms with Crippen LogP contribution in [0.3, 0.4) is 0 Å². The summed E-state index contributed by atoms with van der Waals surface area (Å²) in [5.41, 5.74) is 8.28. The molecule has 0 saturated carbocycles. The van der Waals surface area contributed by atoms with Crippen LogP contribution in [-0.4, -0.2) is 19.9 Å². The van der Waals surface area contributed by atoms with E-state index in [0.29, 0.717) is 5.82 Å². The molecule has 0 spiro atoms. The third-order valence-electron chi connectivity index (χ3n) is 2.87. The molecule has 0 aliphatic carbocycles. The molecule has 2 aromatic heterocycles. The molecule has 5 heteroatoms. The summed E-state index contributed by atoms with van der Waals surface area (Å²) in [6.07, 6.45) is 1.85. The fourth-order valence-electron chi connectivity index (χ4n) is 2.09. The molecule has 2 heterocycles. The van der Waals surface area contributed by atoms with Crippen molar-refractivity contribution in [1.82, 2.24) is 14.8 Å². The Labute approximate surface area is 97.5 Å². The number of nitrogens with two attached hydrogens (primary N) is 1. The number of rotatable bonds is 1. The first-order chi connectivity index (χ1) is 8.16. The lowest BCUT2D eigenvalue weighted by Crippen LogP contribution is -1.94. The van der Waals surface area contributed by atoms with Gasteiger partial charge in [-0.15, -0.1) is 0 Å². The van der Waals surface area contributed by atoms with Crippen LogP contribution in [0.5, 0.6) is 5.75 Å². The minimum atomic E-state index is 0.240. The van der Waals surface area contributed by atoms with E-state index in [0.717, 1.165) is 22.2 Å². The summed E-state index contributed by atoms with van der Waals surface area (Å²) in [7, 11) is 1.84. The average molecular weight is 228 g/mol. The molecule has 0 amide bonds. The number of para-hydroxylation sites is 1. The monoisotopic (exact) mass is 228 g/mol. The van der Waals surface area contributed by atoms with E-state index in [-0.39, 0.29) is 5.75 Å². The number of nitrogens with zero attached hydrogens (tertiary/aromatic N) is 2. The molecule has 5 nitrogen and oxygen atoms in total. The quantitative estimate of drug-likeness (QED) is 0.594. The molecule has 86 valence electrons. The Bertz CT molecular complexity index is 696. The highest BCUT2D eigenvalue weighted by molar-refractivity contribution is 5.97. The van der Waals surface area contributed by atoms with E-state index in [1.807, 2.05) is 31.4 Å². The molecule has 3 aromatic rings. The highest BCUT2D eigenvalue weighted by Gasteiger charge is 2.12. The second kappa shape index (κ2) is 3.28. The van der Waals surface area contributed by atoms with Crippen LogP contribution in [0, 0.1) is 0 Å². The number of anilines is 1. The average Bonchev–Trinajstić information content (AvgIpc) is 2.83. The van der Waals surface area contributed by atoms with Gasteiger partial charge in [-0.25, -0.2) is 0 Å². The lowest BCUT2D eigenvalue weighted by molar-refractivity contribution is 0.480. The number of aromatic amines is 1. The minimum Gasteiger partial charge on any atom is -0.506 e. The predicted octanol–water partition coefficient (Wildman–Crippen LogP) is 1.86. The Balaban J connectivity index is 2.32. The van der Waals surface area contributed by atoms with Crippen LogP contribution in [-0.2, 0) is 7.05 Å². The van der Waals surface area contributed by atoms with Gasteiger partial charge in [0, 0.05) is 30.3 Å². The third-order valence-corrected chi connectivity index (χ3v) is 2.87. The molecule has 3 rings (SSSR count). The van der Waals surface area contributed by atoms with Gasteiger partial charge in [0.1, 0.15) is 11.6 Å². The molecule has 0 aliphatic heterocycles. The zero-order valence-corrected chi connectivity index (χ0v) is 9.31. The molecule has 0 bridgehead atoms. The first-order valence-electron chi connectivity index (χ1n) is 5.26. The van der Waals surface area contributed by atoms with Crippen molar-refractivity contribution in [2.24, 2.45) is 7.05 Å². The molecule has 0 aliphatic rings. The van der Waals surface area contributed by atoms with Gasteiger partial charge in [0.25, 0.3) is 0 Å². The summed E-state index contributed by atoms with van der Waals surface area (Å²) >= 11 is 0. The summed E-state index contributed by atoms with van der Waals surface area (Å²) in [6, 6.07) is 7.23. The number of hydrogen-bond acceptors (Lipinski definition) is 3. The van der Waals surface area contributed by atoms with Crippen molar-refractivity contribution in [1.29, 1.82) is 0 Å². The number of phenolic OH excluding ortho intramolecular Hbond substituents is 1. The first kappa shape index (κ1) is 9.77. The summed E-state index contributed by atoms with van der Waals surface area (Å²) in [4.78, 5) is 3.06. The fraction of sp³-hybridized carbons (Fsp3) is 0.0833. The van der Waals surface area contributed by atoms with Crippen LogP contribution in [0.15, 0.2) is 30.5 Å². The van der Waals surface area contributed by atoms with Crippen molar-refractivity contribution < 1.29 is 5.11 Å². The van der Waals surface area contributed by atoms with E-state index in [2.05, 4.69) is 10.1 Å². The Morgan fingerprint density at radius 3 is 2.94 bits per heavy atom. The molecule has 4 N–H and O–H groups in total. The molecular weight excluding hydrogens is 216 g/mol. The number of hydrogen-bond donors (Lipinski definition) is 3. The van der Waals surface area contributed by atoms with E-state index in [4.69, 9.17) is 5.73 Å². The predicted molar refractivity (Wildman–Crippen MR) is 66.6 cm³/mol. The molecule has 1 aromatic carbocycles. The van der Waals surface area contributed by atoms with Crippen molar-refractivity contribution in [3.63, 3.8) is 0 Å². The Morgan fingerprint density at radius 2 is 2.24 bits per heavy atom. The van der Waals surface area contributed by atoms with Crippen LogP contribution < -0.4 is 5.73 Å². The lowest BCUT2D eigenvalue weighted by atomic mass is 10.1. The molecule has 0 atom stereocenters. The van der Waals surface area contributed by atoms with Gasteiger partial charge in [0.05, 0.1) is 11.2 Å². The second-order valence-electron chi connectivity index (χ2n) is 3.98. The molecule has 0 saturated heterocycles. The van der Waals surface area contributed by atoms with Gasteiger partial charge in [0.15, 0.2) is 0 Å². The van der Waals surface area contributed by atoms with E-state index in [1.165, 1.54) is 0 Å². The van der Waals surface area contributed by atoms with E-state index >= 15 is 0 Å². The highest BCUT2D eigenvalue weighted by Crippen LogP contribution is 2.32. The number of fused-ring (bicyclic) bond motifs is 1. The SMILES string of the molecule is Cn1nc(N)cc1-c1c[nH]c2c(O)cccc12. The van der Waals surface area contributed by atoms with Gasteiger partial charge in [0.2, 0.25) is 0 Å². The van der Waals surface area contributed by atoms with E-state index in [1.54, 1.807) is 10.7 Å². The molecule has 0 fully saturated rings. The summed E-state index contributed by atoms with van der Waals surface area (Å²) < 4.78 is 1.72. The number of phenols is 1. The summed E-state index contributed by atoms with van der Waals surface area (Å²) in [6.45, 7) is 0. The van der Waals surface area contributed by atoms with E-state index < -0.39 is 0 Å². The molecule has 0 radical (unpaired) electrons. The van der Waals surface area contributed by atoms with Gasteiger partial charge < -0.3 is 15.8 Å². The standard InChI is InChI=1S/C12H12N4O/c1-16-9(5-11(13)15-16)8-6-14-12-7(8)3-2-4-10(12)17/h2-6,14,17H,1H3,(H2,13,15). The van der Waals surface area contributed by atoms with Crippen LogP contribution >= 0.6 is 0 Å². The second-order valence-corrected chi connectivity index (χ2v) is 3.98. The first-order valence-corrected chi connectivity index (χ1v) is 5.26. The Hall–Kier alpha value is -2.43. The van der Waals surface area contributed by atoms with Gasteiger partial charge in [-0.3, -0.25) is 4.68 Å². The van der Waals surface area contributed by atoms with Crippen molar-refractivity contribution in [2.45, 2.75) is 0 Å². The largest absolute Gasteiger partial charge is 0.506 e. The molecule has 17 heavy (non-hydrogen) atoms. The third kappa shape index (κ3) is 1.36. The van der Waals surface area contributed by atoms with Crippen molar-refractivity contribution in [3.05, 3.63) is 30.5 Å². The number of aromatic hydroxyl groups is 1. The minimum absolute atomic E-state index is 0.240. The molecular formula is C12H12N4O. The normalized spacial score (nSPS) is 11.1. The zero-order chi connectivity index (χ0) is 12.0. The maximum atomic E-state index is 9.73. The Kier molecular flexibility index (Phi) is 1.89. The number of aromatic nitrogens is 3. The van der Waals surface area contributed by atoms with Crippen LogP contribution in [0.2, 0.25) is 0 Å². The topological polar surface area (TPSA) is 79.9 Å². The number of benzene rings is 1. The van der Waals surface area contributed by atoms with Crippen molar-refractivity contribution in [3.8, 4) is 17.0 Å². The maximum absolute atomic E-state index is 9.73. The van der Waals surface area contributed by atoms with Gasteiger partial charge in [-0.2, -0.15) is 5.10 Å². The van der Waals surface area contributed by atoms with Crippen LogP contribution in [0.1, 0.15) is 0 Å². The van der Waals surface area contributed by atoms with E-state index in [9.17, 15) is 5.11 Å². The summed E-state index contributed by atoms with van der Waals surface area (Å²) in [5, 5.41) is 14.8. The van der Waals surface area contributed by atoms with Gasteiger partial charge >= 0.3 is 0 Å². The number of nitrogens with one attached hydrogen (secondary N) is 1. The lowest BCUT2D eigenvalue weighted by Gasteiger charge is -2.00. The van der Waals surface area contributed by atoms with Crippen LogP contribution in [0.4, 0.5) is 5.82 Å². The highest BCUT2D eigenvalue weighted by atomic mass is 16.3. The van der Waals surface area contributed by atoms with Crippen LogP contribution in [0.25, 0.3) is 22.2 Å². The maximum Gasteiger partial charge on any atom is 0.146 e. The van der Waals surface area contributed by atoms with Gasteiger partial charge in [-0.1, -0.05) is 12.1 Å².